The van der Waals surface area contributed by atoms with Crippen molar-refractivity contribution in [2.75, 3.05) is 11.9 Å². The molecular weight excluding hydrogens is 286 g/mol. The number of halogens is 1. The average molecular weight is 312 g/mol. The van der Waals surface area contributed by atoms with E-state index in [1.165, 1.54) is 25.7 Å². The smallest absolute Gasteiger partial charge is 0.158 e. The van der Waals surface area contributed by atoms with Gasteiger partial charge in [-0.3, -0.25) is 0 Å². The van der Waals surface area contributed by atoms with Crippen molar-refractivity contribution in [1.29, 1.82) is 0 Å². The topological polar surface area (TPSA) is 47.0 Å². The van der Waals surface area contributed by atoms with E-state index in [-0.39, 0.29) is 0 Å². The maximum Gasteiger partial charge on any atom is 0.158 e. The second-order valence-electron chi connectivity index (χ2n) is 6.07. The summed E-state index contributed by atoms with van der Waals surface area (Å²) in [4.78, 5) is 8.74. The molecule has 1 aromatic rings. The van der Waals surface area contributed by atoms with Crippen LogP contribution in [0.1, 0.15) is 52.3 Å². The third kappa shape index (κ3) is 4.82. The Labute approximate surface area is 132 Å². The van der Waals surface area contributed by atoms with Gasteiger partial charge >= 0.3 is 0 Å². The predicted octanol–water partition coefficient (Wildman–Crippen LogP) is 4.29. The fourth-order valence-corrected chi connectivity index (χ4v) is 3.32. The van der Waals surface area contributed by atoms with E-state index in [0.29, 0.717) is 42.1 Å². The van der Waals surface area contributed by atoms with Crippen LogP contribution in [0.15, 0.2) is 6.07 Å². The van der Waals surface area contributed by atoms with Crippen molar-refractivity contribution in [1.82, 2.24) is 9.97 Å². The molecule has 5 heteroatoms. The highest BCUT2D eigenvalue weighted by Gasteiger charge is 2.27. The second kappa shape index (κ2) is 7.95. The zero-order valence-electron chi connectivity index (χ0n) is 13.2. The summed E-state index contributed by atoms with van der Waals surface area (Å²) >= 11 is 6.10. The molecule has 0 aliphatic heterocycles. The Morgan fingerprint density at radius 3 is 2.81 bits per heavy atom. The van der Waals surface area contributed by atoms with Gasteiger partial charge in [0.25, 0.3) is 0 Å². The minimum absolute atomic E-state index is 0.407. The molecule has 1 aliphatic carbocycles. The molecule has 4 nitrogen and oxygen atoms in total. The molecule has 2 atom stereocenters. The van der Waals surface area contributed by atoms with Crippen LogP contribution >= 0.6 is 11.6 Å². The molecule has 1 aromatic heterocycles. The Morgan fingerprint density at radius 1 is 1.33 bits per heavy atom. The van der Waals surface area contributed by atoms with E-state index in [9.17, 15) is 0 Å². The molecule has 1 aliphatic rings. The summed E-state index contributed by atoms with van der Waals surface area (Å²) in [5, 5.41) is 4.05. The van der Waals surface area contributed by atoms with E-state index in [1.807, 2.05) is 13.0 Å². The highest BCUT2D eigenvalue weighted by atomic mass is 35.5. The van der Waals surface area contributed by atoms with Gasteiger partial charge in [0.15, 0.2) is 5.82 Å². The van der Waals surface area contributed by atoms with Crippen molar-refractivity contribution in [3.05, 3.63) is 17.0 Å². The fourth-order valence-electron chi connectivity index (χ4n) is 3.12. The SMILES string of the molecule is CCOCc1nc(Cl)cc(NC2CCCCC2C(C)C)n1. The summed E-state index contributed by atoms with van der Waals surface area (Å²) in [6.07, 6.45) is 5.11. The molecule has 2 rings (SSSR count). The van der Waals surface area contributed by atoms with Crippen molar-refractivity contribution in [2.24, 2.45) is 11.8 Å². The van der Waals surface area contributed by atoms with Crippen LogP contribution in [0.5, 0.6) is 0 Å². The van der Waals surface area contributed by atoms with Crippen molar-refractivity contribution in [2.45, 2.75) is 59.1 Å². The van der Waals surface area contributed by atoms with Crippen LogP contribution in [-0.4, -0.2) is 22.6 Å². The number of nitrogens with zero attached hydrogens (tertiary/aromatic N) is 2. The Kier molecular flexibility index (Phi) is 6.24. The molecular formula is C16H26ClN3O. The lowest BCUT2D eigenvalue weighted by Crippen LogP contribution is -2.35. The molecule has 1 N–H and O–H groups in total. The van der Waals surface area contributed by atoms with Gasteiger partial charge in [0.05, 0.1) is 0 Å². The Hall–Kier alpha value is -0.870. The molecule has 118 valence electrons. The number of nitrogens with one attached hydrogen (secondary N) is 1. The van der Waals surface area contributed by atoms with Gasteiger partial charge in [-0.25, -0.2) is 9.97 Å². The number of hydrogen-bond donors (Lipinski definition) is 1. The Morgan fingerprint density at radius 2 is 2.10 bits per heavy atom. The number of hydrogen-bond acceptors (Lipinski definition) is 4. The molecule has 1 saturated carbocycles. The monoisotopic (exact) mass is 311 g/mol. The molecule has 0 bridgehead atoms. The minimum atomic E-state index is 0.407. The van der Waals surface area contributed by atoms with Crippen LogP contribution < -0.4 is 5.32 Å². The first-order valence-corrected chi connectivity index (χ1v) is 8.35. The lowest BCUT2D eigenvalue weighted by molar-refractivity contribution is 0.128. The maximum absolute atomic E-state index is 6.10. The normalized spacial score (nSPS) is 22.5. The van der Waals surface area contributed by atoms with Crippen LogP contribution in [-0.2, 0) is 11.3 Å². The van der Waals surface area contributed by atoms with Gasteiger partial charge in [-0.15, -0.1) is 0 Å². The van der Waals surface area contributed by atoms with E-state index < -0.39 is 0 Å². The molecule has 0 spiro atoms. The van der Waals surface area contributed by atoms with Crippen molar-refractivity contribution < 1.29 is 4.74 Å². The molecule has 0 radical (unpaired) electrons. The Balaban J connectivity index is 2.08. The van der Waals surface area contributed by atoms with Gasteiger partial charge in [0.2, 0.25) is 0 Å². The van der Waals surface area contributed by atoms with Gasteiger partial charge in [-0.2, -0.15) is 0 Å². The van der Waals surface area contributed by atoms with Gasteiger partial charge in [0, 0.05) is 18.7 Å². The lowest BCUT2D eigenvalue weighted by atomic mass is 9.78. The van der Waals surface area contributed by atoms with E-state index in [0.717, 1.165) is 5.82 Å². The highest BCUT2D eigenvalue weighted by molar-refractivity contribution is 6.29. The van der Waals surface area contributed by atoms with E-state index >= 15 is 0 Å². The van der Waals surface area contributed by atoms with Gasteiger partial charge in [0.1, 0.15) is 17.6 Å². The predicted molar refractivity (Wildman–Crippen MR) is 86.6 cm³/mol. The standard InChI is InChI=1S/C16H26ClN3O/c1-4-21-10-16-19-14(17)9-15(20-16)18-13-8-6-5-7-12(13)11(2)3/h9,11-13H,4-8,10H2,1-3H3,(H,18,19,20). The van der Waals surface area contributed by atoms with Crippen molar-refractivity contribution in [3.8, 4) is 0 Å². The zero-order chi connectivity index (χ0) is 15.2. The quantitative estimate of drug-likeness (QED) is 0.796. The highest BCUT2D eigenvalue weighted by Crippen LogP contribution is 2.32. The van der Waals surface area contributed by atoms with E-state index in [2.05, 4.69) is 29.1 Å². The van der Waals surface area contributed by atoms with Crippen molar-refractivity contribution in [3.63, 3.8) is 0 Å². The number of aromatic nitrogens is 2. The minimum Gasteiger partial charge on any atom is -0.374 e. The molecule has 21 heavy (non-hydrogen) atoms. The molecule has 1 fully saturated rings. The summed E-state index contributed by atoms with van der Waals surface area (Å²) in [6, 6.07) is 2.29. The number of rotatable bonds is 6. The van der Waals surface area contributed by atoms with Crippen LogP contribution in [0, 0.1) is 11.8 Å². The average Bonchev–Trinajstić information content (AvgIpc) is 2.45. The Bertz CT molecular complexity index is 453. The summed E-state index contributed by atoms with van der Waals surface area (Å²) in [6.45, 7) is 7.62. The molecule has 2 unspecified atom stereocenters. The molecule has 0 aromatic carbocycles. The molecule has 0 amide bonds. The summed E-state index contributed by atoms with van der Waals surface area (Å²) in [7, 11) is 0. The zero-order valence-corrected chi connectivity index (χ0v) is 14.0. The van der Waals surface area contributed by atoms with Gasteiger partial charge < -0.3 is 10.1 Å². The van der Waals surface area contributed by atoms with Gasteiger partial charge in [-0.1, -0.05) is 38.3 Å². The number of anilines is 1. The summed E-state index contributed by atoms with van der Waals surface area (Å²) < 4.78 is 5.37. The third-order valence-electron chi connectivity index (χ3n) is 4.19. The van der Waals surface area contributed by atoms with Crippen LogP contribution in [0.3, 0.4) is 0 Å². The summed E-state index contributed by atoms with van der Waals surface area (Å²) in [5.41, 5.74) is 0. The summed E-state index contributed by atoms with van der Waals surface area (Å²) in [5.74, 6) is 2.84. The fraction of sp³-hybridized carbons (Fsp3) is 0.750. The molecule has 1 heterocycles. The first-order valence-electron chi connectivity index (χ1n) is 7.98. The first-order chi connectivity index (χ1) is 10.1. The van der Waals surface area contributed by atoms with E-state index in [1.54, 1.807) is 0 Å². The van der Waals surface area contributed by atoms with Crippen LogP contribution in [0.4, 0.5) is 5.82 Å². The van der Waals surface area contributed by atoms with Gasteiger partial charge in [-0.05, 0) is 31.6 Å². The number of ether oxygens (including phenoxy) is 1. The third-order valence-corrected chi connectivity index (χ3v) is 4.38. The van der Waals surface area contributed by atoms with E-state index in [4.69, 9.17) is 16.3 Å². The first kappa shape index (κ1) is 16.5. The largest absolute Gasteiger partial charge is 0.374 e. The van der Waals surface area contributed by atoms with Crippen LogP contribution in [0.25, 0.3) is 0 Å². The second-order valence-corrected chi connectivity index (χ2v) is 6.46. The lowest BCUT2D eigenvalue weighted by Gasteiger charge is -2.35. The maximum atomic E-state index is 6.10. The van der Waals surface area contributed by atoms with Crippen molar-refractivity contribution >= 4 is 17.4 Å². The van der Waals surface area contributed by atoms with Crippen LogP contribution in [0.2, 0.25) is 5.15 Å². The molecule has 0 saturated heterocycles.